The zero-order chi connectivity index (χ0) is 17.8. The minimum Gasteiger partial charge on any atom is -0.451 e. The third-order valence-corrected chi connectivity index (χ3v) is 3.56. The summed E-state index contributed by atoms with van der Waals surface area (Å²) in [6, 6.07) is 15.7. The van der Waals surface area contributed by atoms with Crippen LogP contribution in [0.3, 0.4) is 0 Å². The lowest BCUT2D eigenvalue weighted by molar-refractivity contribution is 0.0831. The second-order valence-corrected chi connectivity index (χ2v) is 5.45. The number of carbonyl (C=O) groups is 2. The SMILES string of the molecule is Cc1ccc(C(=O)NNC(=O)c2ccc(-c3ccc(F)cc3)o2)cc1. The number of halogens is 1. The fourth-order valence-electron chi connectivity index (χ4n) is 2.18. The van der Waals surface area contributed by atoms with E-state index in [2.05, 4.69) is 10.9 Å². The average molecular weight is 338 g/mol. The number of nitrogens with one attached hydrogen (secondary N) is 2. The highest BCUT2D eigenvalue weighted by molar-refractivity contribution is 5.98. The van der Waals surface area contributed by atoms with Crippen LogP contribution in [0.2, 0.25) is 0 Å². The Morgan fingerprint density at radius 3 is 2.16 bits per heavy atom. The molecule has 126 valence electrons. The number of benzene rings is 2. The van der Waals surface area contributed by atoms with Gasteiger partial charge in [0.05, 0.1) is 0 Å². The molecule has 0 aliphatic rings. The van der Waals surface area contributed by atoms with Gasteiger partial charge in [0.2, 0.25) is 0 Å². The Morgan fingerprint density at radius 1 is 0.840 bits per heavy atom. The van der Waals surface area contributed by atoms with E-state index < -0.39 is 11.8 Å². The van der Waals surface area contributed by atoms with Crippen molar-refractivity contribution in [2.24, 2.45) is 0 Å². The lowest BCUT2D eigenvalue weighted by atomic mass is 10.1. The summed E-state index contributed by atoms with van der Waals surface area (Å²) < 4.78 is 18.4. The summed E-state index contributed by atoms with van der Waals surface area (Å²) in [4.78, 5) is 24.0. The van der Waals surface area contributed by atoms with Gasteiger partial charge in [0, 0.05) is 11.1 Å². The van der Waals surface area contributed by atoms with Crippen LogP contribution < -0.4 is 10.9 Å². The molecule has 1 aromatic heterocycles. The van der Waals surface area contributed by atoms with Crippen LogP contribution >= 0.6 is 0 Å². The molecule has 0 radical (unpaired) electrons. The zero-order valence-electron chi connectivity index (χ0n) is 13.4. The van der Waals surface area contributed by atoms with Crippen LogP contribution in [0.4, 0.5) is 4.39 Å². The molecule has 0 fully saturated rings. The van der Waals surface area contributed by atoms with Gasteiger partial charge < -0.3 is 4.42 Å². The van der Waals surface area contributed by atoms with E-state index in [1.165, 1.54) is 18.2 Å². The van der Waals surface area contributed by atoms with Crippen molar-refractivity contribution in [3.05, 3.63) is 83.4 Å². The average Bonchev–Trinajstić information content (AvgIpc) is 3.11. The summed E-state index contributed by atoms with van der Waals surface area (Å²) in [5, 5.41) is 0. The maximum atomic E-state index is 12.9. The number of amides is 2. The Labute approximate surface area is 143 Å². The lowest BCUT2D eigenvalue weighted by Crippen LogP contribution is -2.41. The van der Waals surface area contributed by atoms with Gasteiger partial charge in [-0.25, -0.2) is 4.39 Å². The summed E-state index contributed by atoms with van der Waals surface area (Å²) in [6.07, 6.45) is 0. The number of hydrogen-bond donors (Lipinski definition) is 2. The minimum atomic E-state index is -0.589. The fourth-order valence-corrected chi connectivity index (χ4v) is 2.18. The quantitative estimate of drug-likeness (QED) is 0.718. The summed E-state index contributed by atoms with van der Waals surface area (Å²) in [7, 11) is 0. The zero-order valence-corrected chi connectivity index (χ0v) is 13.4. The van der Waals surface area contributed by atoms with E-state index in [0.29, 0.717) is 16.9 Å². The normalized spacial score (nSPS) is 10.3. The van der Waals surface area contributed by atoms with Crippen LogP contribution in [0.15, 0.2) is 65.1 Å². The van der Waals surface area contributed by atoms with Crippen LogP contribution in [0.1, 0.15) is 26.5 Å². The van der Waals surface area contributed by atoms with Crippen LogP contribution in [0.25, 0.3) is 11.3 Å². The molecule has 0 bridgehead atoms. The number of hydrogen-bond acceptors (Lipinski definition) is 3. The molecule has 0 aliphatic heterocycles. The molecule has 25 heavy (non-hydrogen) atoms. The number of carbonyl (C=O) groups excluding carboxylic acids is 2. The second kappa shape index (κ2) is 7.00. The van der Waals surface area contributed by atoms with Gasteiger partial charge in [-0.15, -0.1) is 0 Å². The van der Waals surface area contributed by atoms with Crippen molar-refractivity contribution in [3.63, 3.8) is 0 Å². The van der Waals surface area contributed by atoms with E-state index in [1.807, 2.05) is 6.92 Å². The first-order chi connectivity index (χ1) is 12.0. The highest BCUT2D eigenvalue weighted by Crippen LogP contribution is 2.22. The fraction of sp³-hybridized carbons (Fsp3) is 0.0526. The molecule has 2 amide bonds. The van der Waals surface area contributed by atoms with Gasteiger partial charge in [0.1, 0.15) is 11.6 Å². The minimum absolute atomic E-state index is 0.0310. The highest BCUT2D eigenvalue weighted by atomic mass is 19.1. The molecule has 2 N–H and O–H groups in total. The first-order valence-corrected chi connectivity index (χ1v) is 7.56. The molecular weight excluding hydrogens is 323 g/mol. The van der Waals surface area contributed by atoms with E-state index in [9.17, 15) is 14.0 Å². The number of furan rings is 1. The molecular formula is C19H15FN2O3. The largest absolute Gasteiger partial charge is 0.451 e. The van der Waals surface area contributed by atoms with Gasteiger partial charge in [-0.2, -0.15) is 0 Å². The molecule has 6 heteroatoms. The van der Waals surface area contributed by atoms with Crippen LogP contribution in [0, 0.1) is 12.7 Å². The van der Waals surface area contributed by atoms with Gasteiger partial charge >= 0.3 is 5.91 Å². The Morgan fingerprint density at radius 2 is 1.48 bits per heavy atom. The Hall–Kier alpha value is -3.41. The predicted molar refractivity (Wildman–Crippen MR) is 90.2 cm³/mol. The van der Waals surface area contributed by atoms with E-state index in [4.69, 9.17) is 4.42 Å². The molecule has 1 heterocycles. The van der Waals surface area contributed by atoms with Crippen molar-refractivity contribution in [3.8, 4) is 11.3 Å². The monoisotopic (exact) mass is 338 g/mol. The molecule has 0 spiro atoms. The molecule has 0 unspecified atom stereocenters. The van der Waals surface area contributed by atoms with Crippen molar-refractivity contribution >= 4 is 11.8 Å². The van der Waals surface area contributed by atoms with Gasteiger partial charge in [-0.1, -0.05) is 17.7 Å². The van der Waals surface area contributed by atoms with Crippen LogP contribution in [-0.2, 0) is 0 Å². The van der Waals surface area contributed by atoms with E-state index in [-0.39, 0.29) is 11.6 Å². The molecule has 5 nitrogen and oxygen atoms in total. The van der Waals surface area contributed by atoms with Crippen molar-refractivity contribution in [2.45, 2.75) is 6.92 Å². The van der Waals surface area contributed by atoms with E-state index in [0.717, 1.165) is 5.56 Å². The smallest absolute Gasteiger partial charge is 0.305 e. The predicted octanol–water partition coefficient (Wildman–Crippen LogP) is 3.47. The summed E-state index contributed by atoms with van der Waals surface area (Å²) in [5.41, 5.74) is 6.72. The van der Waals surface area contributed by atoms with E-state index >= 15 is 0 Å². The third-order valence-electron chi connectivity index (χ3n) is 3.56. The number of rotatable bonds is 3. The Balaban J connectivity index is 1.63. The lowest BCUT2D eigenvalue weighted by Gasteiger charge is -2.06. The van der Waals surface area contributed by atoms with Crippen molar-refractivity contribution < 1.29 is 18.4 Å². The van der Waals surface area contributed by atoms with E-state index in [1.54, 1.807) is 42.5 Å². The maximum absolute atomic E-state index is 12.9. The van der Waals surface area contributed by atoms with Gasteiger partial charge in [0.15, 0.2) is 5.76 Å². The summed E-state index contributed by atoms with van der Waals surface area (Å²) >= 11 is 0. The molecule has 3 aromatic rings. The van der Waals surface area contributed by atoms with Gasteiger partial charge in [0.25, 0.3) is 5.91 Å². The molecule has 0 saturated carbocycles. The molecule has 0 saturated heterocycles. The Kier molecular flexibility index (Phi) is 4.61. The highest BCUT2D eigenvalue weighted by Gasteiger charge is 2.13. The molecule has 2 aromatic carbocycles. The molecule has 3 rings (SSSR count). The van der Waals surface area contributed by atoms with Gasteiger partial charge in [-0.3, -0.25) is 20.4 Å². The standard InChI is InChI=1S/C19H15FN2O3/c1-12-2-4-14(5-3-12)18(23)21-22-19(24)17-11-10-16(25-17)13-6-8-15(20)9-7-13/h2-11H,1H3,(H,21,23)(H,22,24). The maximum Gasteiger partial charge on any atom is 0.305 e. The van der Waals surface area contributed by atoms with Gasteiger partial charge in [-0.05, 0) is 55.5 Å². The Bertz CT molecular complexity index is 899. The first-order valence-electron chi connectivity index (χ1n) is 7.56. The first kappa shape index (κ1) is 16.4. The topological polar surface area (TPSA) is 71.3 Å². The van der Waals surface area contributed by atoms with Crippen molar-refractivity contribution in [1.29, 1.82) is 0 Å². The second-order valence-electron chi connectivity index (χ2n) is 5.45. The molecule has 0 aliphatic carbocycles. The van der Waals surface area contributed by atoms with Crippen LogP contribution in [0.5, 0.6) is 0 Å². The summed E-state index contributed by atoms with van der Waals surface area (Å²) in [6.45, 7) is 1.92. The van der Waals surface area contributed by atoms with Crippen molar-refractivity contribution in [1.82, 2.24) is 10.9 Å². The van der Waals surface area contributed by atoms with Crippen molar-refractivity contribution in [2.75, 3.05) is 0 Å². The summed E-state index contributed by atoms with van der Waals surface area (Å²) in [5.74, 6) is -0.918. The number of hydrazine groups is 1. The number of aryl methyl sites for hydroxylation is 1. The molecule has 0 atom stereocenters. The van der Waals surface area contributed by atoms with Crippen LogP contribution in [-0.4, -0.2) is 11.8 Å². The third kappa shape index (κ3) is 3.92.